The summed E-state index contributed by atoms with van der Waals surface area (Å²) in [5.74, 6) is 0.845. The second kappa shape index (κ2) is 6.65. The van der Waals surface area contributed by atoms with Gasteiger partial charge in [0.2, 0.25) is 0 Å². The van der Waals surface area contributed by atoms with Crippen LogP contribution in [0.4, 0.5) is 0 Å². The van der Waals surface area contributed by atoms with Crippen LogP contribution in [0.1, 0.15) is 0 Å². The summed E-state index contributed by atoms with van der Waals surface area (Å²) >= 11 is 0. The first-order valence-corrected chi connectivity index (χ1v) is 8.20. The number of benzene rings is 3. The zero-order valence-electron chi connectivity index (χ0n) is 13.9. The van der Waals surface area contributed by atoms with E-state index < -0.39 is 0 Å². The molecule has 122 valence electrons. The number of nitrogens with zero attached hydrogens (tertiary/aromatic N) is 1. The van der Waals surface area contributed by atoms with Gasteiger partial charge in [-0.05, 0) is 47.0 Å². The van der Waals surface area contributed by atoms with Crippen LogP contribution in [-0.2, 0) is 0 Å². The maximum atomic E-state index is 5.22. The summed E-state index contributed by atoms with van der Waals surface area (Å²) in [5.41, 5.74) is 6.48. The van der Waals surface area contributed by atoms with E-state index in [2.05, 4.69) is 58.7 Å². The van der Waals surface area contributed by atoms with Gasteiger partial charge in [0.1, 0.15) is 5.75 Å². The molecule has 0 fully saturated rings. The lowest BCUT2D eigenvalue weighted by Crippen LogP contribution is -1.84. The monoisotopic (exact) mass is 326 g/mol. The molecule has 3 aromatic carbocycles. The number of methoxy groups -OCH3 is 1. The third-order valence-electron chi connectivity index (χ3n) is 4.27. The number of aromatic amines is 1. The second-order valence-electron chi connectivity index (χ2n) is 5.81. The van der Waals surface area contributed by atoms with Crippen LogP contribution in [0, 0.1) is 0 Å². The molecule has 0 radical (unpaired) electrons. The van der Waals surface area contributed by atoms with Crippen LogP contribution < -0.4 is 4.74 Å². The Morgan fingerprint density at radius 3 is 2.12 bits per heavy atom. The fourth-order valence-corrected chi connectivity index (χ4v) is 2.95. The molecule has 1 N–H and O–H groups in total. The molecule has 0 bridgehead atoms. The van der Waals surface area contributed by atoms with Crippen molar-refractivity contribution in [2.75, 3.05) is 7.11 Å². The Balaban J connectivity index is 1.73. The molecule has 0 aliphatic rings. The molecule has 0 saturated carbocycles. The van der Waals surface area contributed by atoms with Crippen LogP contribution in [0.2, 0.25) is 0 Å². The predicted octanol–water partition coefficient (Wildman–Crippen LogP) is 5.42. The molecule has 0 unspecified atom stereocenters. The van der Waals surface area contributed by atoms with E-state index in [1.54, 1.807) is 7.11 Å². The Hall–Kier alpha value is -3.33. The van der Waals surface area contributed by atoms with Crippen LogP contribution >= 0.6 is 0 Å². The topological polar surface area (TPSA) is 37.9 Å². The van der Waals surface area contributed by atoms with Crippen molar-refractivity contribution in [3.05, 3.63) is 84.9 Å². The highest BCUT2D eigenvalue weighted by atomic mass is 16.5. The standard InChI is InChI=1S/C22H18N2O/c1-25-18-13-11-17(12-14-18)21-15-22(24-23-21)20-10-6-5-9-19(20)16-7-3-2-4-8-16/h2-15H,1H3,(H,23,24). The van der Waals surface area contributed by atoms with E-state index in [0.717, 1.165) is 28.3 Å². The van der Waals surface area contributed by atoms with E-state index in [-0.39, 0.29) is 0 Å². The van der Waals surface area contributed by atoms with Crippen molar-refractivity contribution in [3.8, 4) is 39.4 Å². The zero-order chi connectivity index (χ0) is 17.1. The van der Waals surface area contributed by atoms with Gasteiger partial charge in [-0.2, -0.15) is 5.10 Å². The van der Waals surface area contributed by atoms with Gasteiger partial charge in [0.25, 0.3) is 0 Å². The minimum atomic E-state index is 0.845. The Kier molecular flexibility index (Phi) is 4.05. The highest BCUT2D eigenvalue weighted by Crippen LogP contribution is 2.32. The summed E-state index contributed by atoms with van der Waals surface area (Å²) in [6.45, 7) is 0. The van der Waals surface area contributed by atoms with Gasteiger partial charge >= 0.3 is 0 Å². The van der Waals surface area contributed by atoms with Crippen molar-refractivity contribution in [2.45, 2.75) is 0 Å². The van der Waals surface area contributed by atoms with E-state index in [1.165, 1.54) is 11.1 Å². The van der Waals surface area contributed by atoms with Crippen molar-refractivity contribution < 1.29 is 4.74 Å². The summed E-state index contributed by atoms with van der Waals surface area (Å²) in [4.78, 5) is 0. The molecule has 0 aliphatic carbocycles. The Bertz CT molecular complexity index is 972. The third kappa shape index (κ3) is 3.04. The lowest BCUT2D eigenvalue weighted by molar-refractivity contribution is 0.415. The molecule has 4 aromatic rings. The maximum absolute atomic E-state index is 5.22. The molecule has 3 nitrogen and oxygen atoms in total. The summed E-state index contributed by atoms with van der Waals surface area (Å²) in [5, 5.41) is 7.68. The number of hydrogen-bond acceptors (Lipinski definition) is 2. The van der Waals surface area contributed by atoms with E-state index in [9.17, 15) is 0 Å². The molecule has 1 heterocycles. The Morgan fingerprint density at radius 1 is 0.720 bits per heavy atom. The minimum absolute atomic E-state index is 0.845. The lowest BCUT2D eigenvalue weighted by Gasteiger charge is -2.07. The summed E-state index contributed by atoms with van der Waals surface area (Å²) in [6, 6.07) is 28.8. The van der Waals surface area contributed by atoms with E-state index >= 15 is 0 Å². The maximum Gasteiger partial charge on any atom is 0.118 e. The highest BCUT2D eigenvalue weighted by Gasteiger charge is 2.11. The lowest BCUT2D eigenvalue weighted by atomic mass is 9.97. The second-order valence-corrected chi connectivity index (χ2v) is 5.81. The quantitative estimate of drug-likeness (QED) is 0.544. The molecule has 0 spiro atoms. The Morgan fingerprint density at radius 2 is 1.40 bits per heavy atom. The summed E-state index contributed by atoms with van der Waals surface area (Å²) in [7, 11) is 1.67. The van der Waals surface area contributed by atoms with Gasteiger partial charge in [0.05, 0.1) is 18.5 Å². The van der Waals surface area contributed by atoms with Gasteiger partial charge < -0.3 is 4.74 Å². The smallest absolute Gasteiger partial charge is 0.118 e. The van der Waals surface area contributed by atoms with Crippen LogP contribution in [0.5, 0.6) is 5.75 Å². The molecule has 0 atom stereocenters. The van der Waals surface area contributed by atoms with Gasteiger partial charge in [0, 0.05) is 5.56 Å². The van der Waals surface area contributed by atoms with Crippen molar-refractivity contribution in [2.24, 2.45) is 0 Å². The molecule has 0 saturated heterocycles. The van der Waals surface area contributed by atoms with Crippen molar-refractivity contribution in [3.63, 3.8) is 0 Å². The first-order valence-electron chi connectivity index (χ1n) is 8.20. The van der Waals surface area contributed by atoms with Crippen molar-refractivity contribution in [1.82, 2.24) is 10.2 Å². The zero-order valence-corrected chi connectivity index (χ0v) is 13.9. The van der Waals surface area contributed by atoms with Crippen LogP contribution in [0.3, 0.4) is 0 Å². The van der Waals surface area contributed by atoms with Gasteiger partial charge in [0.15, 0.2) is 0 Å². The number of aromatic nitrogens is 2. The van der Waals surface area contributed by atoms with E-state index in [0.29, 0.717) is 0 Å². The molecular weight excluding hydrogens is 308 g/mol. The number of hydrogen-bond donors (Lipinski definition) is 1. The molecule has 1 aromatic heterocycles. The summed E-state index contributed by atoms with van der Waals surface area (Å²) < 4.78 is 5.22. The number of H-pyrrole nitrogens is 1. The summed E-state index contributed by atoms with van der Waals surface area (Å²) in [6.07, 6.45) is 0. The fourth-order valence-electron chi connectivity index (χ4n) is 2.95. The van der Waals surface area contributed by atoms with Gasteiger partial charge in [-0.15, -0.1) is 0 Å². The van der Waals surface area contributed by atoms with Gasteiger partial charge in [-0.3, -0.25) is 5.10 Å². The molecule has 0 aliphatic heterocycles. The first kappa shape index (κ1) is 15.2. The van der Waals surface area contributed by atoms with Crippen LogP contribution in [-0.4, -0.2) is 17.3 Å². The average Bonchev–Trinajstić information content (AvgIpc) is 3.19. The molecule has 25 heavy (non-hydrogen) atoms. The van der Waals surface area contributed by atoms with Crippen LogP contribution in [0.25, 0.3) is 33.6 Å². The highest BCUT2D eigenvalue weighted by molar-refractivity contribution is 5.83. The third-order valence-corrected chi connectivity index (χ3v) is 4.27. The van der Waals surface area contributed by atoms with Gasteiger partial charge in [-0.1, -0.05) is 54.6 Å². The Labute approximate surface area is 146 Å². The van der Waals surface area contributed by atoms with Crippen molar-refractivity contribution in [1.29, 1.82) is 0 Å². The number of ether oxygens (including phenoxy) is 1. The fraction of sp³-hybridized carbons (Fsp3) is 0.0455. The molecule has 3 heteroatoms. The van der Waals surface area contributed by atoms with Crippen molar-refractivity contribution >= 4 is 0 Å². The SMILES string of the molecule is COc1ccc(-c2cc(-c3ccccc3-c3ccccc3)n[nH]2)cc1. The largest absolute Gasteiger partial charge is 0.497 e. The minimum Gasteiger partial charge on any atom is -0.497 e. The van der Waals surface area contributed by atoms with Crippen LogP contribution in [0.15, 0.2) is 84.9 Å². The number of rotatable bonds is 4. The molecule has 0 amide bonds. The van der Waals surface area contributed by atoms with E-state index in [4.69, 9.17) is 4.74 Å². The van der Waals surface area contributed by atoms with E-state index in [1.807, 2.05) is 36.4 Å². The molecule has 4 rings (SSSR count). The predicted molar refractivity (Wildman–Crippen MR) is 101 cm³/mol. The molecular formula is C22H18N2O. The number of nitrogens with one attached hydrogen (secondary N) is 1. The van der Waals surface area contributed by atoms with Gasteiger partial charge in [-0.25, -0.2) is 0 Å². The normalized spacial score (nSPS) is 10.6. The average molecular weight is 326 g/mol. The first-order chi connectivity index (χ1) is 12.3.